The minimum absolute atomic E-state index is 0.0193. The molecule has 3 N–H and O–H groups in total. The largest absolute Gasteiger partial charge is 0.481 e. The van der Waals surface area contributed by atoms with Gasteiger partial charge in [0, 0.05) is 12.0 Å². The number of carboxylic acids is 1. The Balaban J connectivity index is 1.98. The Kier molecular flexibility index (Phi) is 2.97. The maximum absolute atomic E-state index is 10.5. The third-order valence-electron chi connectivity index (χ3n) is 3.07. The van der Waals surface area contributed by atoms with E-state index in [1.807, 2.05) is 12.1 Å². The van der Waals surface area contributed by atoms with Crippen molar-refractivity contribution in [2.24, 2.45) is 5.73 Å². The smallest absolute Gasteiger partial charge is 0.303 e. The van der Waals surface area contributed by atoms with Gasteiger partial charge in [0.05, 0.1) is 0 Å². The molecule has 0 spiro atoms. The molecule has 16 heavy (non-hydrogen) atoms. The molecule has 0 radical (unpaired) electrons. The first-order valence-electron chi connectivity index (χ1n) is 5.66. The van der Waals surface area contributed by atoms with E-state index in [9.17, 15) is 4.79 Å². The van der Waals surface area contributed by atoms with Crippen LogP contribution in [0.5, 0.6) is 0 Å². The Hall–Kier alpha value is -1.35. The molecule has 86 valence electrons. The van der Waals surface area contributed by atoms with Crippen LogP contribution in [0.15, 0.2) is 24.3 Å². The lowest BCUT2D eigenvalue weighted by Crippen LogP contribution is -2.24. The molecule has 1 aliphatic carbocycles. The van der Waals surface area contributed by atoms with Crippen molar-refractivity contribution < 1.29 is 9.90 Å². The van der Waals surface area contributed by atoms with E-state index in [2.05, 4.69) is 12.1 Å². The van der Waals surface area contributed by atoms with Gasteiger partial charge in [0.2, 0.25) is 0 Å². The van der Waals surface area contributed by atoms with Crippen molar-refractivity contribution in [3.63, 3.8) is 0 Å². The Labute approximate surface area is 95.3 Å². The molecule has 0 amide bonds. The van der Waals surface area contributed by atoms with Crippen LogP contribution in [0.4, 0.5) is 0 Å². The van der Waals surface area contributed by atoms with Crippen molar-refractivity contribution in [1.29, 1.82) is 0 Å². The van der Waals surface area contributed by atoms with E-state index in [0.29, 0.717) is 6.42 Å². The van der Waals surface area contributed by atoms with Gasteiger partial charge in [-0.05, 0) is 36.8 Å². The number of hydrogen-bond acceptors (Lipinski definition) is 2. The maximum atomic E-state index is 10.5. The van der Waals surface area contributed by atoms with Crippen LogP contribution in [0, 0.1) is 0 Å². The second kappa shape index (κ2) is 4.26. The molecular formula is C13H17NO2. The lowest BCUT2D eigenvalue weighted by Gasteiger charge is -2.09. The fourth-order valence-corrected chi connectivity index (χ4v) is 1.89. The first-order chi connectivity index (χ1) is 7.57. The second-order valence-corrected chi connectivity index (χ2v) is 4.75. The number of hydrogen-bond donors (Lipinski definition) is 2. The van der Waals surface area contributed by atoms with Crippen molar-refractivity contribution in [2.45, 2.75) is 37.6 Å². The van der Waals surface area contributed by atoms with E-state index in [0.717, 1.165) is 24.8 Å². The zero-order valence-electron chi connectivity index (χ0n) is 9.28. The molecule has 0 unspecified atom stereocenters. The van der Waals surface area contributed by atoms with Gasteiger partial charge in [-0.25, -0.2) is 0 Å². The number of rotatable bonds is 5. The third-order valence-corrected chi connectivity index (χ3v) is 3.07. The first-order valence-corrected chi connectivity index (χ1v) is 5.66. The van der Waals surface area contributed by atoms with E-state index in [1.165, 1.54) is 5.56 Å². The van der Waals surface area contributed by atoms with E-state index in [-0.39, 0.29) is 12.0 Å². The number of nitrogens with two attached hydrogens (primary N) is 1. The molecule has 0 saturated heterocycles. The molecule has 0 atom stereocenters. The van der Waals surface area contributed by atoms with Crippen LogP contribution in [0.3, 0.4) is 0 Å². The van der Waals surface area contributed by atoms with Crippen molar-refractivity contribution >= 4 is 5.97 Å². The number of aliphatic carboxylic acids is 1. The lowest BCUT2D eigenvalue weighted by molar-refractivity contribution is -0.136. The van der Waals surface area contributed by atoms with Crippen molar-refractivity contribution in [3.8, 4) is 0 Å². The number of carboxylic acid groups (broad SMARTS) is 1. The van der Waals surface area contributed by atoms with Crippen molar-refractivity contribution in [3.05, 3.63) is 35.4 Å². The molecule has 0 aliphatic heterocycles. The van der Waals surface area contributed by atoms with Gasteiger partial charge in [-0.1, -0.05) is 24.3 Å². The highest BCUT2D eigenvalue weighted by Gasteiger charge is 2.37. The standard InChI is InChI=1S/C13H17NO2/c14-13(6-7-13)9-11-3-1-2-10(8-11)4-5-12(15)16/h1-3,8H,4-7,9,14H2,(H,15,16). The summed E-state index contributed by atoms with van der Waals surface area (Å²) in [5, 5.41) is 8.62. The minimum atomic E-state index is -0.747. The first kappa shape index (κ1) is 11.1. The fourth-order valence-electron chi connectivity index (χ4n) is 1.89. The van der Waals surface area contributed by atoms with E-state index >= 15 is 0 Å². The number of benzene rings is 1. The monoisotopic (exact) mass is 219 g/mol. The zero-order chi connectivity index (χ0) is 11.6. The van der Waals surface area contributed by atoms with Crippen molar-refractivity contribution in [2.75, 3.05) is 0 Å². The Morgan fingerprint density at radius 1 is 1.38 bits per heavy atom. The van der Waals surface area contributed by atoms with Crippen molar-refractivity contribution in [1.82, 2.24) is 0 Å². The van der Waals surface area contributed by atoms with Gasteiger partial charge < -0.3 is 10.8 Å². The van der Waals surface area contributed by atoms with Crippen LogP contribution in [-0.4, -0.2) is 16.6 Å². The van der Waals surface area contributed by atoms with Crippen LogP contribution in [0.1, 0.15) is 30.4 Å². The van der Waals surface area contributed by atoms with Crippen LogP contribution in [-0.2, 0) is 17.6 Å². The molecular weight excluding hydrogens is 202 g/mol. The summed E-state index contributed by atoms with van der Waals surface area (Å²) in [6, 6.07) is 8.11. The van der Waals surface area contributed by atoms with Gasteiger partial charge in [-0.2, -0.15) is 0 Å². The average Bonchev–Trinajstić information content (AvgIpc) is 2.93. The zero-order valence-corrected chi connectivity index (χ0v) is 9.28. The summed E-state index contributed by atoms with van der Waals surface area (Å²) in [4.78, 5) is 10.5. The maximum Gasteiger partial charge on any atom is 0.303 e. The van der Waals surface area contributed by atoms with Crippen LogP contribution in [0.25, 0.3) is 0 Å². The summed E-state index contributed by atoms with van der Waals surface area (Å²) < 4.78 is 0. The summed E-state index contributed by atoms with van der Waals surface area (Å²) in [6.45, 7) is 0. The predicted octanol–water partition coefficient (Wildman–Crippen LogP) is 1.74. The Bertz CT molecular complexity index is 397. The molecule has 1 saturated carbocycles. The topological polar surface area (TPSA) is 63.3 Å². The van der Waals surface area contributed by atoms with Gasteiger partial charge in [-0.3, -0.25) is 4.79 Å². The SMILES string of the molecule is NC1(Cc2cccc(CCC(=O)O)c2)CC1. The highest BCUT2D eigenvalue weighted by molar-refractivity contribution is 5.67. The van der Waals surface area contributed by atoms with E-state index in [4.69, 9.17) is 10.8 Å². The second-order valence-electron chi connectivity index (χ2n) is 4.75. The summed E-state index contributed by atoms with van der Waals surface area (Å²) in [5.41, 5.74) is 8.39. The highest BCUT2D eigenvalue weighted by Crippen LogP contribution is 2.35. The van der Waals surface area contributed by atoms with Gasteiger partial charge in [0.15, 0.2) is 0 Å². The average molecular weight is 219 g/mol. The molecule has 0 bridgehead atoms. The quantitative estimate of drug-likeness (QED) is 0.792. The van der Waals surface area contributed by atoms with Crippen LogP contribution >= 0.6 is 0 Å². The highest BCUT2D eigenvalue weighted by atomic mass is 16.4. The molecule has 1 aromatic carbocycles. The normalized spacial score (nSPS) is 17.1. The summed E-state index contributed by atoms with van der Waals surface area (Å²) in [7, 11) is 0. The van der Waals surface area contributed by atoms with Gasteiger partial charge >= 0.3 is 5.97 Å². The number of carbonyl (C=O) groups is 1. The summed E-state index contributed by atoms with van der Waals surface area (Å²) in [6.07, 6.45) is 3.91. The lowest BCUT2D eigenvalue weighted by atomic mass is 10.0. The molecule has 3 nitrogen and oxygen atoms in total. The van der Waals surface area contributed by atoms with Gasteiger partial charge in [0.1, 0.15) is 0 Å². The van der Waals surface area contributed by atoms with Crippen LogP contribution in [0.2, 0.25) is 0 Å². The van der Waals surface area contributed by atoms with Gasteiger partial charge in [0.25, 0.3) is 0 Å². The van der Waals surface area contributed by atoms with Crippen LogP contribution < -0.4 is 5.73 Å². The summed E-state index contributed by atoms with van der Waals surface area (Å²) >= 11 is 0. The molecule has 1 aliphatic rings. The summed E-state index contributed by atoms with van der Waals surface area (Å²) in [5.74, 6) is -0.747. The Morgan fingerprint density at radius 2 is 2.06 bits per heavy atom. The molecule has 3 heteroatoms. The number of aryl methyl sites for hydroxylation is 1. The predicted molar refractivity (Wildman–Crippen MR) is 62.3 cm³/mol. The molecule has 2 rings (SSSR count). The van der Waals surface area contributed by atoms with Gasteiger partial charge in [-0.15, -0.1) is 0 Å². The van der Waals surface area contributed by atoms with E-state index < -0.39 is 5.97 Å². The third kappa shape index (κ3) is 3.07. The molecule has 0 aromatic heterocycles. The fraction of sp³-hybridized carbons (Fsp3) is 0.462. The van der Waals surface area contributed by atoms with E-state index in [1.54, 1.807) is 0 Å². The molecule has 0 heterocycles. The Morgan fingerprint density at radius 3 is 2.69 bits per heavy atom. The molecule has 1 aromatic rings. The molecule has 1 fully saturated rings. The minimum Gasteiger partial charge on any atom is -0.481 e.